The van der Waals surface area contributed by atoms with Crippen LogP contribution in [0.1, 0.15) is 26.1 Å². The van der Waals surface area contributed by atoms with Crippen LogP contribution in [0, 0.1) is 12.8 Å². The Morgan fingerprint density at radius 2 is 2.04 bits per heavy atom. The molecule has 3 N–H and O–H groups in total. The van der Waals surface area contributed by atoms with Gasteiger partial charge in [-0.1, -0.05) is 26.0 Å². The summed E-state index contributed by atoms with van der Waals surface area (Å²) in [7, 11) is 0. The molecule has 0 spiro atoms. The quantitative estimate of drug-likeness (QED) is 0.733. The number of amides is 2. The van der Waals surface area contributed by atoms with E-state index in [0.717, 1.165) is 12.0 Å². The minimum Gasteiger partial charge on any atom is -0.348 e. The van der Waals surface area contributed by atoms with Crippen LogP contribution in [0.15, 0.2) is 24.3 Å². The summed E-state index contributed by atoms with van der Waals surface area (Å²) in [6.45, 7) is 6.41. The highest BCUT2D eigenvalue weighted by Gasteiger charge is 2.14. The number of anilines is 1. The van der Waals surface area contributed by atoms with Gasteiger partial charge in [0.2, 0.25) is 0 Å². The highest BCUT2D eigenvalue weighted by Crippen LogP contribution is 2.19. The zero-order chi connectivity index (χ0) is 16.8. The van der Waals surface area contributed by atoms with Gasteiger partial charge in [0.15, 0.2) is 5.82 Å². The van der Waals surface area contributed by atoms with Crippen LogP contribution in [0.5, 0.6) is 0 Å². The molecule has 0 fully saturated rings. The molecule has 122 valence electrons. The first kappa shape index (κ1) is 16.7. The SMILES string of the molecule is Cc1nc(-c2cccc(NC(=O)C(=O)NCCC(C)C)c2)n[nH]1. The van der Waals surface area contributed by atoms with Crippen LogP contribution in [0.4, 0.5) is 5.69 Å². The average Bonchev–Trinajstić information content (AvgIpc) is 2.93. The zero-order valence-corrected chi connectivity index (χ0v) is 13.5. The Hall–Kier alpha value is -2.70. The Bertz CT molecular complexity index is 693. The second-order valence-corrected chi connectivity index (χ2v) is 5.72. The van der Waals surface area contributed by atoms with Gasteiger partial charge in [-0.15, -0.1) is 0 Å². The third-order valence-corrected chi connectivity index (χ3v) is 3.19. The molecule has 1 aromatic carbocycles. The molecule has 0 aliphatic carbocycles. The number of H-pyrrole nitrogens is 1. The van der Waals surface area contributed by atoms with Gasteiger partial charge in [-0.2, -0.15) is 5.10 Å². The molecule has 2 rings (SSSR count). The summed E-state index contributed by atoms with van der Waals surface area (Å²) in [5, 5.41) is 12.0. The molecule has 0 radical (unpaired) electrons. The van der Waals surface area contributed by atoms with E-state index in [9.17, 15) is 9.59 Å². The summed E-state index contributed by atoms with van der Waals surface area (Å²) in [4.78, 5) is 27.8. The number of hydrogen-bond acceptors (Lipinski definition) is 4. The minimum absolute atomic E-state index is 0.472. The van der Waals surface area contributed by atoms with Crippen molar-refractivity contribution < 1.29 is 9.59 Å². The number of hydrogen-bond donors (Lipinski definition) is 3. The van der Waals surface area contributed by atoms with E-state index in [1.165, 1.54) is 0 Å². The summed E-state index contributed by atoms with van der Waals surface area (Å²) < 4.78 is 0. The Morgan fingerprint density at radius 1 is 1.26 bits per heavy atom. The number of benzene rings is 1. The maximum Gasteiger partial charge on any atom is 0.313 e. The lowest BCUT2D eigenvalue weighted by atomic mass is 10.1. The lowest BCUT2D eigenvalue weighted by Crippen LogP contribution is -2.36. The molecular weight excluding hydrogens is 294 g/mol. The fourth-order valence-corrected chi connectivity index (χ4v) is 1.95. The summed E-state index contributed by atoms with van der Waals surface area (Å²) in [6, 6.07) is 7.04. The molecule has 0 aliphatic heterocycles. The highest BCUT2D eigenvalue weighted by atomic mass is 16.2. The van der Waals surface area contributed by atoms with E-state index >= 15 is 0 Å². The molecule has 1 heterocycles. The molecule has 0 saturated carbocycles. The van der Waals surface area contributed by atoms with Crippen molar-refractivity contribution in [3.05, 3.63) is 30.1 Å². The van der Waals surface area contributed by atoms with E-state index in [1.807, 2.05) is 13.0 Å². The number of nitrogens with one attached hydrogen (secondary N) is 3. The molecular formula is C16H21N5O2. The summed E-state index contributed by atoms with van der Waals surface area (Å²) in [5.74, 6) is 0.403. The van der Waals surface area contributed by atoms with Crippen molar-refractivity contribution in [3.8, 4) is 11.4 Å². The van der Waals surface area contributed by atoms with Crippen LogP contribution in [0.25, 0.3) is 11.4 Å². The standard InChI is InChI=1S/C16H21N5O2/c1-10(2)7-8-17-15(22)16(23)19-13-6-4-5-12(9-13)14-18-11(3)20-21-14/h4-6,9-10H,7-8H2,1-3H3,(H,17,22)(H,19,23)(H,18,20,21). The van der Waals surface area contributed by atoms with Gasteiger partial charge in [-0.25, -0.2) is 4.98 Å². The van der Waals surface area contributed by atoms with Crippen molar-refractivity contribution in [2.45, 2.75) is 27.2 Å². The summed E-state index contributed by atoms with van der Waals surface area (Å²) in [6.07, 6.45) is 0.832. The van der Waals surface area contributed by atoms with Crippen LogP contribution >= 0.6 is 0 Å². The van der Waals surface area contributed by atoms with E-state index < -0.39 is 11.8 Å². The van der Waals surface area contributed by atoms with Gasteiger partial charge in [0, 0.05) is 17.8 Å². The van der Waals surface area contributed by atoms with E-state index in [4.69, 9.17) is 0 Å². The molecule has 7 nitrogen and oxygen atoms in total. The third-order valence-electron chi connectivity index (χ3n) is 3.19. The van der Waals surface area contributed by atoms with Gasteiger partial charge in [-0.05, 0) is 31.4 Å². The van der Waals surface area contributed by atoms with Gasteiger partial charge in [0.1, 0.15) is 5.82 Å². The predicted octanol–water partition coefficient (Wildman–Crippen LogP) is 1.88. The molecule has 0 atom stereocenters. The van der Waals surface area contributed by atoms with Gasteiger partial charge in [-0.3, -0.25) is 14.7 Å². The van der Waals surface area contributed by atoms with Crippen LogP contribution < -0.4 is 10.6 Å². The maximum atomic E-state index is 11.9. The fourth-order valence-electron chi connectivity index (χ4n) is 1.95. The predicted molar refractivity (Wildman–Crippen MR) is 87.7 cm³/mol. The molecule has 0 unspecified atom stereocenters. The number of aryl methyl sites for hydroxylation is 1. The number of carbonyl (C=O) groups is 2. The second-order valence-electron chi connectivity index (χ2n) is 5.72. The molecule has 7 heteroatoms. The summed E-state index contributed by atoms with van der Waals surface area (Å²) >= 11 is 0. The van der Waals surface area contributed by atoms with Gasteiger partial charge in [0.25, 0.3) is 0 Å². The van der Waals surface area contributed by atoms with Crippen LogP contribution in [-0.4, -0.2) is 33.5 Å². The average molecular weight is 315 g/mol. The van der Waals surface area contributed by atoms with Crippen molar-refractivity contribution >= 4 is 17.5 Å². The second kappa shape index (κ2) is 7.53. The number of nitrogens with zero attached hydrogens (tertiary/aromatic N) is 2. The maximum absolute atomic E-state index is 11.9. The normalized spacial score (nSPS) is 10.6. The molecule has 0 bridgehead atoms. The molecule has 2 aromatic rings. The first-order valence-corrected chi connectivity index (χ1v) is 7.54. The van der Waals surface area contributed by atoms with Gasteiger partial charge >= 0.3 is 11.8 Å². The van der Waals surface area contributed by atoms with Crippen molar-refractivity contribution in [3.63, 3.8) is 0 Å². The first-order chi connectivity index (χ1) is 11.0. The molecule has 2 amide bonds. The highest BCUT2D eigenvalue weighted by molar-refractivity contribution is 6.39. The molecule has 23 heavy (non-hydrogen) atoms. The largest absolute Gasteiger partial charge is 0.348 e. The van der Waals surface area contributed by atoms with E-state index in [0.29, 0.717) is 29.8 Å². The van der Waals surface area contributed by atoms with Crippen molar-refractivity contribution in [2.24, 2.45) is 5.92 Å². The monoisotopic (exact) mass is 315 g/mol. The lowest BCUT2D eigenvalue weighted by molar-refractivity contribution is -0.136. The number of aromatic amines is 1. The van der Waals surface area contributed by atoms with Crippen molar-refractivity contribution in [1.29, 1.82) is 0 Å². The number of aromatic nitrogens is 3. The lowest BCUT2D eigenvalue weighted by Gasteiger charge is -2.08. The van der Waals surface area contributed by atoms with E-state index in [-0.39, 0.29) is 0 Å². The van der Waals surface area contributed by atoms with E-state index in [2.05, 4.69) is 39.7 Å². The molecule has 0 saturated heterocycles. The smallest absolute Gasteiger partial charge is 0.313 e. The van der Waals surface area contributed by atoms with Gasteiger partial charge < -0.3 is 10.6 Å². The van der Waals surface area contributed by atoms with Crippen molar-refractivity contribution in [2.75, 3.05) is 11.9 Å². The first-order valence-electron chi connectivity index (χ1n) is 7.54. The summed E-state index contributed by atoms with van der Waals surface area (Å²) in [5.41, 5.74) is 1.28. The zero-order valence-electron chi connectivity index (χ0n) is 13.5. The van der Waals surface area contributed by atoms with Crippen LogP contribution in [-0.2, 0) is 9.59 Å². The fraction of sp³-hybridized carbons (Fsp3) is 0.375. The molecule has 1 aromatic heterocycles. The van der Waals surface area contributed by atoms with Crippen LogP contribution in [0.3, 0.4) is 0 Å². The van der Waals surface area contributed by atoms with E-state index in [1.54, 1.807) is 18.2 Å². The minimum atomic E-state index is -0.683. The Morgan fingerprint density at radius 3 is 2.70 bits per heavy atom. The van der Waals surface area contributed by atoms with Crippen LogP contribution in [0.2, 0.25) is 0 Å². The Kier molecular flexibility index (Phi) is 5.46. The Balaban J connectivity index is 1.97. The van der Waals surface area contributed by atoms with Crippen molar-refractivity contribution in [1.82, 2.24) is 20.5 Å². The number of carbonyl (C=O) groups excluding carboxylic acids is 2. The number of rotatable bonds is 5. The molecule has 0 aliphatic rings. The Labute approximate surface area is 134 Å². The topological polar surface area (TPSA) is 99.8 Å². The third kappa shape index (κ3) is 4.91. The van der Waals surface area contributed by atoms with Gasteiger partial charge in [0.05, 0.1) is 0 Å².